The molecule has 0 aliphatic rings. The smallest absolute Gasteiger partial charge is 0.251 e. The number of amides is 1. The molecule has 0 saturated heterocycles. The van der Waals surface area contributed by atoms with E-state index >= 15 is 0 Å². The van der Waals surface area contributed by atoms with E-state index in [0.717, 1.165) is 17.0 Å². The summed E-state index contributed by atoms with van der Waals surface area (Å²) in [4.78, 5) is 16.8. The summed E-state index contributed by atoms with van der Waals surface area (Å²) in [6.07, 6.45) is 1.59. The van der Waals surface area contributed by atoms with Crippen LogP contribution in [-0.2, 0) is 6.54 Å². The van der Waals surface area contributed by atoms with Crippen molar-refractivity contribution >= 4 is 17.4 Å². The maximum atomic E-state index is 12.5. The Labute approximate surface area is 158 Å². The van der Waals surface area contributed by atoms with Crippen LogP contribution in [0.15, 0.2) is 66.9 Å². The van der Waals surface area contributed by atoms with Gasteiger partial charge in [0.15, 0.2) is 0 Å². The first-order chi connectivity index (χ1) is 13.2. The number of rotatable bonds is 7. The van der Waals surface area contributed by atoms with Gasteiger partial charge in [-0.25, -0.2) is 4.98 Å². The number of hydrogen-bond acceptors (Lipinski definition) is 5. The molecule has 0 unspecified atom stereocenters. The van der Waals surface area contributed by atoms with Gasteiger partial charge in [0.05, 0.1) is 19.9 Å². The zero-order chi connectivity index (χ0) is 19.1. The van der Waals surface area contributed by atoms with Crippen molar-refractivity contribution in [1.29, 1.82) is 0 Å². The summed E-state index contributed by atoms with van der Waals surface area (Å²) < 4.78 is 10.6. The molecule has 2 aromatic carbocycles. The summed E-state index contributed by atoms with van der Waals surface area (Å²) in [6, 6.07) is 18.5. The molecule has 3 aromatic rings. The molecule has 0 bridgehead atoms. The van der Waals surface area contributed by atoms with E-state index in [4.69, 9.17) is 9.47 Å². The average Bonchev–Trinajstić information content (AvgIpc) is 2.72. The molecule has 0 saturated carbocycles. The molecule has 27 heavy (non-hydrogen) atoms. The molecule has 1 aromatic heterocycles. The third-order valence-corrected chi connectivity index (χ3v) is 4.02. The maximum Gasteiger partial charge on any atom is 0.251 e. The Kier molecular flexibility index (Phi) is 5.89. The average molecular weight is 363 g/mol. The lowest BCUT2D eigenvalue weighted by Gasteiger charge is -2.12. The molecule has 6 nitrogen and oxygen atoms in total. The van der Waals surface area contributed by atoms with E-state index in [1.807, 2.05) is 48.5 Å². The normalized spacial score (nSPS) is 10.1. The van der Waals surface area contributed by atoms with Gasteiger partial charge >= 0.3 is 0 Å². The van der Waals surface area contributed by atoms with Gasteiger partial charge in [-0.05, 0) is 30.3 Å². The molecule has 0 aliphatic heterocycles. The van der Waals surface area contributed by atoms with Crippen molar-refractivity contribution in [2.45, 2.75) is 6.54 Å². The molecule has 0 fully saturated rings. The number of carbonyl (C=O) groups is 1. The number of para-hydroxylation sites is 3. The molecule has 1 amide bonds. The molecule has 6 heteroatoms. The van der Waals surface area contributed by atoms with Crippen LogP contribution in [0.3, 0.4) is 0 Å². The topological polar surface area (TPSA) is 72.5 Å². The van der Waals surface area contributed by atoms with Gasteiger partial charge in [-0.2, -0.15) is 0 Å². The summed E-state index contributed by atoms with van der Waals surface area (Å²) >= 11 is 0. The van der Waals surface area contributed by atoms with Gasteiger partial charge < -0.3 is 20.1 Å². The number of hydrogen-bond donors (Lipinski definition) is 2. The summed E-state index contributed by atoms with van der Waals surface area (Å²) in [6.45, 7) is 0.375. The minimum atomic E-state index is -0.189. The number of pyridine rings is 1. The Hall–Kier alpha value is -3.54. The van der Waals surface area contributed by atoms with Crippen molar-refractivity contribution < 1.29 is 14.3 Å². The van der Waals surface area contributed by atoms with Gasteiger partial charge in [0.25, 0.3) is 5.91 Å². The van der Waals surface area contributed by atoms with Gasteiger partial charge in [-0.15, -0.1) is 0 Å². The summed E-state index contributed by atoms with van der Waals surface area (Å²) in [7, 11) is 3.22. The first-order valence-electron chi connectivity index (χ1n) is 8.47. The van der Waals surface area contributed by atoms with E-state index in [-0.39, 0.29) is 5.91 Å². The van der Waals surface area contributed by atoms with Crippen molar-refractivity contribution in [2.75, 3.05) is 19.5 Å². The highest BCUT2D eigenvalue weighted by Gasteiger charge is 2.10. The van der Waals surface area contributed by atoms with E-state index in [2.05, 4.69) is 15.6 Å². The van der Waals surface area contributed by atoms with Crippen LogP contribution in [0.1, 0.15) is 15.9 Å². The molecular formula is C21H21N3O3. The SMILES string of the molecule is COc1ccccc1CNC(=O)c1ccnc(Nc2ccccc2OC)c1. The lowest BCUT2D eigenvalue weighted by atomic mass is 10.2. The second kappa shape index (κ2) is 8.71. The number of nitrogens with zero attached hydrogens (tertiary/aromatic N) is 1. The number of anilines is 2. The van der Waals surface area contributed by atoms with Crippen molar-refractivity contribution in [2.24, 2.45) is 0 Å². The highest BCUT2D eigenvalue weighted by atomic mass is 16.5. The fourth-order valence-corrected chi connectivity index (χ4v) is 2.65. The van der Waals surface area contributed by atoms with E-state index < -0.39 is 0 Å². The van der Waals surface area contributed by atoms with E-state index in [9.17, 15) is 4.79 Å². The van der Waals surface area contributed by atoms with Crippen LogP contribution < -0.4 is 20.1 Å². The van der Waals surface area contributed by atoms with Crippen molar-refractivity contribution in [1.82, 2.24) is 10.3 Å². The van der Waals surface area contributed by atoms with Crippen LogP contribution in [0, 0.1) is 0 Å². The Bertz CT molecular complexity index is 928. The zero-order valence-electron chi connectivity index (χ0n) is 15.2. The summed E-state index contributed by atoms with van der Waals surface area (Å²) in [5.74, 6) is 1.81. The molecule has 1 heterocycles. The lowest BCUT2D eigenvalue weighted by Crippen LogP contribution is -2.23. The molecule has 2 N–H and O–H groups in total. The molecule has 0 spiro atoms. The van der Waals surface area contributed by atoms with Crippen LogP contribution in [0.2, 0.25) is 0 Å². The second-order valence-electron chi connectivity index (χ2n) is 5.75. The van der Waals surface area contributed by atoms with E-state index in [1.165, 1.54) is 0 Å². The minimum Gasteiger partial charge on any atom is -0.496 e. The molecule has 138 valence electrons. The maximum absolute atomic E-state index is 12.5. The number of aromatic nitrogens is 1. The number of benzene rings is 2. The van der Waals surface area contributed by atoms with E-state index in [1.54, 1.807) is 32.5 Å². The Morgan fingerprint density at radius 1 is 0.963 bits per heavy atom. The van der Waals surface area contributed by atoms with Crippen molar-refractivity contribution in [3.8, 4) is 11.5 Å². The van der Waals surface area contributed by atoms with Gasteiger partial charge in [0.1, 0.15) is 17.3 Å². The number of methoxy groups -OCH3 is 2. The molecule has 0 aliphatic carbocycles. The third kappa shape index (κ3) is 4.55. The number of nitrogens with one attached hydrogen (secondary N) is 2. The summed E-state index contributed by atoms with van der Waals surface area (Å²) in [5.41, 5.74) is 2.20. The molecule has 3 rings (SSSR count). The molecule has 0 atom stereocenters. The highest BCUT2D eigenvalue weighted by molar-refractivity contribution is 5.95. The third-order valence-electron chi connectivity index (χ3n) is 4.02. The van der Waals surface area contributed by atoms with Crippen LogP contribution in [0.4, 0.5) is 11.5 Å². The van der Waals surface area contributed by atoms with Crippen LogP contribution in [0.25, 0.3) is 0 Å². The Balaban J connectivity index is 1.70. The number of ether oxygens (including phenoxy) is 2. The number of carbonyl (C=O) groups excluding carboxylic acids is 1. The van der Waals surface area contributed by atoms with Crippen LogP contribution >= 0.6 is 0 Å². The van der Waals surface area contributed by atoms with Gasteiger partial charge in [-0.3, -0.25) is 4.79 Å². The van der Waals surface area contributed by atoms with Crippen LogP contribution in [-0.4, -0.2) is 25.1 Å². The predicted molar refractivity (Wildman–Crippen MR) is 105 cm³/mol. The van der Waals surface area contributed by atoms with Crippen molar-refractivity contribution in [3.63, 3.8) is 0 Å². The predicted octanol–water partition coefficient (Wildman–Crippen LogP) is 3.77. The quantitative estimate of drug-likeness (QED) is 0.668. The first-order valence-corrected chi connectivity index (χ1v) is 8.47. The monoisotopic (exact) mass is 363 g/mol. The molecular weight excluding hydrogens is 342 g/mol. The highest BCUT2D eigenvalue weighted by Crippen LogP contribution is 2.26. The van der Waals surface area contributed by atoms with Gasteiger partial charge in [0, 0.05) is 23.9 Å². The fourth-order valence-electron chi connectivity index (χ4n) is 2.65. The Morgan fingerprint density at radius 2 is 1.67 bits per heavy atom. The lowest BCUT2D eigenvalue weighted by molar-refractivity contribution is 0.0950. The zero-order valence-corrected chi connectivity index (χ0v) is 15.2. The van der Waals surface area contributed by atoms with Gasteiger partial charge in [0.2, 0.25) is 0 Å². The first kappa shape index (κ1) is 18.3. The standard InChI is InChI=1S/C21H21N3O3/c1-26-18-9-5-3-7-16(18)14-23-21(25)15-11-12-22-20(13-15)24-17-8-4-6-10-19(17)27-2/h3-13H,14H2,1-2H3,(H,22,24)(H,23,25). The fraction of sp³-hybridized carbons (Fsp3) is 0.143. The Morgan fingerprint density at radius 3 is 2.44 bits per heavy atom. The largest absolute Gasteiger partial charge is 0.496 e. The van der Waals surface area contributed by atoms with Gasteiger partial charge in [-0.1, -0.05) is 30.3 Å². The van der Waals surface area contributed by atoms with Crippen LogP contribution in [0.5, 0.6) is 11.5 Å². The summed E-state index contributed by atoms with van der Waals surface area (Å²) in [5, 5.41) is 6.08. The second-order valence-corrected chi connectivity index (χ2v) is 5.75. The van der Waals surface area contributed by atoms with Crippen molar-refractivity contribution in [3.05, 3.63) is 78.0 Å². The minimum absolute atomic E-state index is 0.189. The van der Waals surface area contributed by atoms with E-state index in [0.29, 0.717) is 23.7 Å². The molecule has 0 radical (unpaired) electrons.